The third-order valence-corrected chi connectivity index (χ3v) is 5.15. The average molecular weight is 258 g/mol. The molecule has 1 aliphatic heterocycles. The molecule has 17 heavy (non-hydrogen) atoms. The number of aromatic nitrogens is 2. The summed E-state index contributed by atoms with van der Waals surface area (Å²) in [6.07, 6.45) is 4.15. The SMILES string of the molecule is CC1CCCN(S(=O)(=O)c2cn[nH]c2N)CC1. The third kappa shape index (κ3) is 2.44. The van der Waals surface area contributed by atoms with Crippen LogP contribution in [0.25, 0.3) is 0 Å². The zero-order valence-electron chi connectivity index (χ0n) is 9.89. The molecule has 0 radical (unpaired) electrons. The van der Waals surface area contributed by atoms with Gasteiger partial charge in [0.1, 0.15) is 10.7 Å². The van der Waals surface area contributed by atoms with Gasteiger partial charge in [-0.2, -0.15) is 9.40 Å². The van der Waals surface area contributed by atoms with Crippen LogP contribution in [0.4, 0.5) is 5.82 Å². The lowest BCUT2D eigenvalue weighted by molar-refractivity contribution is 0.417. The predicted molar refractivity (Wildman–Crippen MR) is 64.8 cm³/mol. The van der Waals surface area contributed by atoms with E-state index in [-0.39, 0.29) is 10.7 Å². The molecule has 1 atom stereocenters. The molecule has 6 nitrogen and oxygen atoms in total. The van der Waals surface area contributed by atoms with Crippen LogP contribution >= 0.6 is 0 Å². The van der Waals surface area contributed by atoms with E-state index in [2.05, 4.69) is 17.1 Å². The Bertz CT molecular complexity index is 482. The van der Waals surface area contributed by atoms with Gasteiger partial charge < -0.3 is 5.73 Å². The molecule has 1 saturated heterocycles. The first-order valence-corrected chi connectivity index (χ1v) is 7.25. The molecule has 1 aliphatic rings. The van der Waals surface area contributed by atoms with E-state index in [4.69, 9.17) is 5.73 Å². The zero-order chi connectivity index (χ0) is 12.5. The van der Waals surface area contributed by atoms with Crippen molar-refractivity contribution in [2.45, 2.75) is 31.1 Å². The minimum atomic E-state index is -3.48. The van der Waals surface area contributed by atoms with Crippen LogP contribution in [0.2, 0.25) is 0 Å². The summed E-state index contributed by atoms with van der Waals surface area (Å²) < 4.78 is 26.1. The number of aromatic amines is 1. The standard InChI is InChI=1S/C10H18N4O2S/c1-8-3-2-5-14(6-4-8)17(15,16)9-7-12-13-10(9)11/h7-8H,2-6H2,1H3,(H3,11,12,13). The summed E-state index contributed by atoms with van der Waals surface area (Å²) in [5, 5.41) is 6.13. The molecular weight excluding hydrogens is 240 g/mol. The highest BCUT2D eigenvalue weighted by Gasteiger charge is 2.29. The molecule has 2 rings (SSSR count). The normalized spacial score (nSPS) is 23.5. The van der Waals surface area contributed by atoms with Crippen molar-refractivity contribution in [1.29, 1.82) is 0 Å². The Morgan fingerprint density at radius 1 is 1.47 bits per heavy atom. The Labute approximate surface area is 101 Å². The first-order chi connectivity index (χ1) is 8.01. The second kappa shape index (κ2) is 4.66. The fraction of sp³-hybridized carbons (Fsp3) is 0.700. The van der Waals surface area contributed by atoms with Crippen LogP contribution in [0.3, 0.4) is 0 Å². The van der Waals surface area contributed by atoms with E-state index in [0.717, 1.165) is 19.3 Å². The van der Waals surface area contributed by atoms with Crippen LogP contribution in [0, 0.1) is 5.92 Å². The fourth-order valence-electron chi connectivity index (χ4n) is 2.11. The van der Waals surface area contributed by atoms with Crippen molar-refractivity contribution >= 4 is 15.8 Å². The second-order valence-electron chi connectivity index (χ2n) is 4.59. The van der Waals surface area contributed by atoms with Crippen LogP contribution < -0.4 is 5.73 Å². The summed E-state index contributed by atoms with van der Waals surface area (Å²) in [5.74, 6) is 0.694. The summed E-state index contributed by atoms with van der Waals surface area (Å²) in [6, 6.07) is 0. The van der Waals surface area contributed by atoms with Crippen molar-refractivity contribution in [3.63, 3.8) is 0 Å². The Kier molecular flexibility index (Phi) is 3.39. The van der Waals surface area contributed by atoms with Crippen LogP contribution in [-0.2, 0) is 10.0 Å². The molecule has 1 aromatic heterocycles. The Hall–Kier alpha value is -1.08. The molecule has 3 N–H and O–H groups in total. The molecule has 0 bridgehead atoms. The number of hydrogen-bond acceptors (Lipinski definition) is 4. The van der Waals surface area contributed by atoms with Gasteiger partial charge in [0.2, 0.25) is 10.0 Å². The van der Waals surface area contributed by atoms with Gasteiger partial charge in [-0.05, 0) is 25.2 Å². The van der Waals surface area contributed by atoms with Gasteiger partial charge in [-0.1, -0.05) is 6.92 Å². The minimum Gasteiger partial charge on any atom is -0.383 e. The van der Waals surface area contributed by atoms with Crippen LogP contribution in [0.1, 0.15) is 26.2 Å². The highest BCUT2D eigenvalue weighted by molar-refractivity contribution is 7.89. The van der Waals surface area contributed by atoms with Gasteiger partial charge in [-0.25, -0.2) is 8.42 Å². The highest BCUT2D eigenvalue weighted by Crippen LogP contribution is 2.24. The summed E-state index contributed by atoms with van der Waals surface area (Å²) in [7, 11) is -3.48. The maximum absolute atomic E-state index is 12.3. The lowest BCUT2D eigenvalue weighted by atomic mass is 10.0. The number of anilines is 1. The van der Waals surface area contributed by atoms with Crippen molar-refractivity contribution in [2.24, 2.45) is 5.92 Å². The molecule has 96 valence electrons. The van der Waals surface area contributed by atoms with Crippen LogP contribution in [0.15, 0.2) is 11.1 Å². The highest BCUT2D eigenvalue weighted by atomic mass is 32.2. The quantitative estimate of drug-likeness (QED) is 0.820. The third-order valence-electron chi connectivity index (χ3n) is 3.23. The molecule has 1 fully saturated rings. The van der Waals surface area contributed by atoms with Gasteiger partial charge in [-0.3, -0.25) is 5.10 Å². The van der Waals surface area contributed by atoms with Crippen LogP contribution in [0.5, 0.6) is 0 Å². The van der Waals surface area contributed by atoms with Crippen molar-refractivity contribution < 1.29 is 8.42 Å². The van der Waals surface area contributed by atoms with Gasteiger partial charge in [0, 0.05) is 13.1 Å². The topological polar surface area (TPSA) is 92.1 Å². The largest absolute Gasteiger partial charge is 0.383 e. The van der Waals surface area contributed by atoms with Gasteiger partial charge in [0.25, 0.3) is 0 Å². The van der Waals surface area contributed by atoms with E-state index >= 15 is 0 Å². The molecule has 0 aromatic carbocycles. The summed E-state index contributed by atoms with van der Waals surface area (Å²) >= 11 is 0. The smallest absolute Gasteiger partial charge is 0.248 e. The van der Waals surface area contributed by atoms with Crippen molar-refractivity contribution in [2.75, 3.05) is 18.8 Å². The maximum atomic E-state index is 12.3. The molecule has 1 aromatic rings. The molecule has 0 spiro atoms. The van der Waals surface area contributed by atoms with E-state index < -0.39 is 10.0 Å². The van der Waals surface area contributed by atoms with Crippen molar-refractivity contribution in [3.8, 4) is 0 Å². The molecule has 2 heterocycles. The number of nitrogens with zero attached hydrogens (tertiary/aromatic N) is 2. The summed E-state index contributed by atoms with van der Waals surface area (Å²) in [5.41, 5.74) is 5.58. The first-order valence-electron chi connectivity index (χ1n) is 5.81. The Morgan fingerprint density at radius 2 is 2.24 bits per heavy atom. The van der Waals surface area contributed by atoms with E-state index in [1.54, 1.807) is 0 Å². The molecule has 0 saturated carbocycles. The molecule has 7 heteroatoms. The van der Waals surface area contributed by atoms with Gasteiger partial charge in [0.05, 0.1) is 6.20 Å². The van der Waals surface area contributed by atoms with Crippen LogP contribution in [-0.4, -0.2) is 36.0 Å². The number of rotatable bonds is 2. The monoisotopic (exact) mass is 258 g/mol. The summed E-state index contributed by atoms with van der Waals surface area (Å²) in [4.78, 5) is 0.0899. The number of nitrogens with two attached hydrogens (primary N) is 1. The lowest BCUT2D eigenvalue weighted by Crippen LogP contribution is -2.32. The average Bonchev–Trinajstić information content (AvgIpc) is 2.57. The van der Waals surface area contributed by atoms with E-state index in [0.29, 0.717) is 19.0 Å². The zero-order valence-corrected chi connectivity index (χ0v) is 10.7. The number of hydrogen-bond donors (Lipinski definition) is 2. The number of nitrogens with one attached hydrogen (secondary N) is 1. The number of nitrogen functional groups attached to an aromatic ring is 1. The minimum absolute atomic E-state index is 0.0899. The molecular formula is C10H18N4O2S. The van der Waals surface area contributed by atoms with Gasteiger partial charge >= 0.3 is 0 Å². The van der Waals surface area contributed by atoms with Gasteiger partial charge in [0.15, 0.2) is 0 Å². The van der Waals surface area contributed by atoms with Crippen molar-refractivity contribution in [3.05, 3.63) is 6.20 Å². The van der Waals surface area contributed by atoms with Crippen molar-refractivity contribution in [1.82, 2.24) is 14.5 Å². The van der Waals surface area contributed by atoms with Gasteiger partial charge in [-0.15, -0.1) is 0 Å². The number of sulfonamides is 1. The summed E-state index contributed by atoms with van der Waals surface area (Å²) in [6.45, 7) is 3.29. The van der Waals surface area contributed by atoms with E-state index in [1.165, 1.54) is 10.5 Å². The van der Waals surface area contributed by atoms with E-state index in [1.807, 2.05) is 0 Å². The first kappa shape index (κ1) is 12.4. The molecule has 0 amide bonds. The Balaban J connectivity index is 2.24. The molecule has 1 unspecified atom stereocenters. The van der Waals surface area contributed by atoms with E-state index in [9.17, 15) is 8.42 Å². The fourth-order valence-corrected chi connectivity index (χ4v) is 3.61. The molecule has 0 aliphatic carbocycles. The Morgan fingerprint density at radius 3 is 2.88 bits per heavy atom. The maximum Gasteiger partial charge on any atom is 0.248 e. The predicted octanol–water partition coefficient (Wildman–Crippen LogP) is 0.803. The lowest BCUT2D eigenvalue weighted by Gasteiger charge is -2.19. The number of H-pyrrole nitrogens is 1. The second-order valence-corrected chi connectivity index (χ2v) is 6.49.